The van der Waals surface area contributed by atoms with Crippen LogP contribution in [0.15, 0.2) is 18.2 Å². The summed E-state index contributed by atoms with van der Waals surface area (Å²) in [4.78, 5) is 14.1. The largest absolute Gasteiger partial charge is 0.494 e. The van der Waals surface area contributed by atoms with E-state index in [1.54, 1.807) is 13.0 Å². The van der Waals surface area contributed by atoms with Gasteiger partial charge in [0.1, 0.15) is 0 Å². The minimum atomic E-state index is -0.526. The number of hydrogen-bond acceptors (Lipinski definition) is 4. The molecule has 1 aliphatic rings. The molecule has 0 aromatic heterocycles. The van der Waals surface area contributed by atoms with E-state index in [-0.39, 0.29) is 30.1 Å². The second kappa shape index (κ2) is 6.33. The molecule has 1 aromatic carbocycles. The number of methoxy groups -OCH3 is 1. The molecule has 0 spiro atoms. The van der Waals surface area contributed by atoms with E-state index in [9.17, 15) is 14.3 Å². The van der Waals surface area contributed by atoms with Crippen molar-refractivity contribution in [3.05, 3.63) is 29.6 Å². The first-order valence-corrected chi connectivity index (χ1v) is 6.78. The average Bonchev–Trinajstić information content (AvgIpc) is 2.87. The number of nitrogens with zero attached hydrogens (tertiary/aromatic N) is 1. The van der Waals surface area contributed by atoms with Gasteiger partial charge in [-0.3, -0.25) is 9.69 Å². The van der Waals surface area contributed by atoms with E-state index in [0.29, 0.717) is 12.1 Å². The van der Waals surface area contributed by atoms with E-state index in [0.717, 1.165) is 13.0 Å². The number of carbonyl (C=O) groups is 1. The lowest BCUT2D eigenvalue weighted by Crippen LogP contribution is -2.29. The molecule has 2 unspecified atom stereocenters. The quantitative estimate of drug-likeness (QED) is 0.835. The third-order valence-electron chi connectivity index (χ3n) is 3.83. The van der Waals surface area contributed by atoms with Gasteiger partial charge in [0, 0.05) is 12.1 Å². The number of halogens is 1. The molecule has 1 aliphatic heterocycles. The number of ether oxygens (including phenoxy) is 1. The van der Waals surface area contributed by atoms with E-state index >= 15 is 0 Å². The molecule has 0 bridgehead atoms. The van der Waals surface area contributed by atoms with Crippen molar-refractivity contribution in [2.45, 2.75) is 19.4 Å². The fraction of sp³-hybridized carbons (Fsp3) is 0.533. The Hall–Kier alpha value is -1.46. The van der Waals surface area contributed by atoms with Crippen LogP contribution in [-0.2, 0) is 0 Å². The summed E-state index contributed by atoms with van der Waals surface area (Å²) in [6.07, 6.45) is 0.538. The predicted octanol–water partition coefficient (Wildman–Crippen LogP) is 1.72. The van der Waals surface area contributed by atoms with Gasteiger partial charge in [-0.1, -0.05) is 0 Å². The number of benzene rings is 1. The first kappa shape index (κ1) is 14.9. The fourth-order valence-electron chi connectivity index (χ4n) is 2.53. The first-order chi connectivity index (χ1) is 9.51. The van der Waals surface area contributed by atoms with Gasteiger partial charge in [0.15, 0.2) is 17.3 Å². The summed E-state index contributed by atoms with van der Waals surface area (Å²) in [6.45, 7) is 3.53. The van der Waals surface area contributed by atoms with Crippen LogP contribution in [0.2, 0.25) is 0 Å². The Kier molecular flexibility index (Phi) is 4.73. The molecule has 1 saturated heterocycles. The van der Waals surface area contributed by atoms with Crippen LogP contribution >= 0.6 is 0 Å². The van der Waals surface area contributed by atoms with Crippen molar-refractivity contribution in [1.29, 1.82) is 0 Å². The summed E-state index contributed by atoms with van der Waals surface area (Å²) in [5.74, 6) is -0.285. The lowest BCUT2D eigenvalue weighted by Gasteiger charge is -2.16. The molecule has 1 fully saturated rings. The van der Waals surface area contributed by atoms with Gasteiger partial charge in [0.25, 0.3) is 0 Å². The summed E-state index contributed by atoms with van der Waals surface area (Å²) < 4.78 is 18.4. The molecule has 2 rings (SSSR count). The number of ketones is 1. The van der Waals surface area contributed by atoms with Gasteiger partial charge < -0.3 is 9.84 Å². The van der Waals surface area contributed by atoms with Gasteiger partial charge in [-0.05, 0) is 44.0 Å². The molecule has 0 radical (unpaired) electrons. The fourth-order valence-corrected chi connectivity index (χ4v) is 2.53. The van der Waals surface area contributed by atoms with E-state index in [1.165, 1.54) is 19.2 Å². The highest BCUT2D eigenvalue weighted by molar-refractivity contribution is 5.97. The molecule has 0 aliphatic carbocycles. The Morgan fingerprint density at radius 3 is 2.90 bits per heavy atom. The molecule has 1 N–H and O–H groups in total. The van der Waals surface area contributed by atoms with Crippen LogP contribution in [0.3, 0.4) is 0 Å². The van der Waals surface area contributed by atoms with Crippen LogP contribution in [0.4, 0.5) is 4.39 Å². The third-order valence-corrected chi connectivity index (χ3v) is 3.83. The zero-order valence-corrected chi connectivity index (χ0v) is 11.8. The second-order valence-corrected chi connectivity index (χ2v) is 5.30. The van der Waals surface area contributed by atoms with E-state index < -0.39 is 5.82 Å². The smallest absolute Gasteiger partial charge is 0.176 e. The Balaban J connectivity index is 1.97. The van der Waals surface area contributed by atoms with Gasteiger partial charge in [0.2, 0.25) is 0 Å². The summed E-state index contributed by atoms with van der Waals surface area (Å²) in [5.41, 5.74) is 0.351. The molecular formula is C15H20FNO3. The molecule has 20 heavy (non-hydrogen) atoms. The maximum atomic E-state index is 13.6. The molecule has 4 nitrogen and oxygen atoms in total. The molecule has 110 valence electrons. The van der Waals surface area contributed by atoms with Crippen molar-refractivity contribution >= 4 is 5.78 Å². The first-order valence-electron chi connectivity index (χ1n) is 6.78. The Labute approximate surface area is 118 Å². The highest BCUT2D eigenvalue weighted by atomic mass is 19.1. The van der Waals surface area contributed by atoms with Gasteiger partial charge in [0.05, 0.1) is 19.8 Å². The third kappa shape index (κ3) is 3.35. The van der Waals surface area contributed by atoms with Crippen molar-refractivity contribution in [1.82, 2.24) is 4.90 Å². The molecule has 2 atom stereocenters. The van der Waals surface area contributed by atoms with E-state index in [1.807, 2.05) is 4.90 Å². The minimum Gasteiger partial charge on any atom is -0.494 e. The topological polar surface area (TPSA) is 49.8 Å². The van der Waals surface area contributed by atoms with Gasteiger partial charge >= 0.3 is 0 Å². The summed E-state index contributed by atoms with van der Waals surface area (Å²) in [7, 11) is 1.39. The van der Waals surface area contributed by atoms with Gasteiger partial charge in [-0.25, -0.2) is 4.39 Å². The van der Waals surface area contributed by atoms with Crippen molar-refractivity contribution < 1.29 is 19.0 Å². The summed E-state index contributed by atoms with van der Waals surface area (Å²) >= 11 is 0. The van der Waals surface area contributed by atoms with Crippen LogP contribution < -0.4 is 4.74 Å². The molecule has 1 heterocycles. The van der Waals surface area contributed by atoms with Crippen LogP contribution in [0.1, 0.15) is 23.7 Å². The monoisotopic (exact) mass is 281 g/mol. The number of aliphatic hydroxyl groups excluding tert-OH is 1. The van der Waals surface area contributed by atoms with Crippen LogP contribution in [-0.4, -0.2) is 48.6 Å². The van der Waals surface area contributed by atoms with Crippen LogP contribution in [0, 0.1) is 11.7 Å². The minimum absolute atomic E-state index is 0.113. The van der Waals surface area contributed by atoms with Crippen molar-refractivity contribution in [3.63, 3.8) is 0 Å². The Morgan fingerprint density at radius 2 is 2.35 bits per heavy atom. The molecular weight excluding hydrogens is 261 g/mol. The Bertz CT molecular complexity index is 490. The normalized spacial score (nSPS) is 20.9. The lowest BCUT2D eigenvalue weighted by molar-refractivity contribution is 0.0925. The zero-order chi connectivity index (χ0) is 14.7. The van der Waals surface area contributed by atoms with Crippen molar-refractivity contribution in [2.24, 2.45) is 5.92 Å². The number of rotatable bonds is 5. The number of hydrogen-bond donors (Lipinski definition) is 1. The molecule has 0 amide bonds. The number of carbonyl (C=O) groups excluding carboxylic acids is 1. The summed E-state index contributed by atoms with van der Waals surface area (Å²) in [5, 5.41) is 9.54. The highest BCUT2D eigenvalue weighted by Crippen LogP contribution is 2.21. The number of aliphatic hydroxyl groups is 1. The second-order valence-electron chi connectivity index (χ2n) is 5.30. The maximum absolute atomic E-state index is 13.6. The average molecular weight is 281 g/mol. The van der Waals surface area contributed by atoms with Gasteiger partial charge in [-0.2, -0.15) is 0 Å². The maximum Gasteiger partial charge on any atom is 0.176 e. The number of Topliss-reactive ketones (excluding diaryl/α,β-unsaturated/α-hetero) is 1. The van der Waals surface area contributed by atoms with E-state index in [4.69, 9.17) is 4.74 Å². The van der Waals surface area contributed by atoms with Crippen molar-refractivity contribution in [3.8, 4) is 5.75 Å². The van der Waals surface area contributed by atoms with Crippen LogP contribution in [0.5, 0.6) is 5.75 Å². The zero-order valence-electron chi connectivity index (χ0n) is 11.8. The summed E-state index contributed by atoms with van der Waals surface area (Å²) in [6, 6.07) is 4.25. The lowest BCUT2D eigenvalue weighted by atomic mass is 10.0. The SMILES string of the molecule is COc1ccc(C(=O)CN2CCC(C(C)O)C2)cc1F. The Morgan fingerprint density at radius 1 is 1.60 bits per heavy atom. The molecule has 0 saturated carbocycles. The van der Waals surface area contributed by atoms with E-state index in [2.05, 4.69) is 0 Å². The van der Waals surface area contributed by atoms with Gasteiger partial charge in [-0.15, -0.1) is 0 Å². The predicted molar refractivity (Wildman–Crippen MR) is 73.5 cm³/mol. The molecule has 1 aromatic rings. The number of likely N-dealkylation sites (tertiary alicyclic amines) is 1. The standard InChI is InChI=1S/C15H20FNO3/c1-10(18)12-5-6-17(8-12)9-14(19)11-3-4-15(20-2)13(16)7-11/h3-4,7,10,12,18H,5-6,8-9H2,1-2H3. The highest BCUT2D eigenvalue weighted by Gasteiger charge is 2.27. The van der Waals surface area contributed by atoms with Crippen LogP contribution in [0.25, 0.3) is 0 Å². The van der Waals surface area contributed by atoms with Crippen molar-refractivity contribution in [2.75, 3.05) is 26.7 Å². The molecule has 5 heteroatoms.